The fourth-order valence-corrected chi connectivity index (χ4v) is 1.46. The number of ether oxygens (including phenoxy) is 1. The van der Waals surface area contributed by atoms with E-state index in [9.17, 15) is 8.78 Å². The van der Waals surface area contributed by atoms with Crippen LogP contribution in [0, 0.1) is 11.6 Å². The highest BCUT2D eigenvalue weighted by molar-refractivity contribution is 5.22. The van der Waals surface area contributed by atoms with Crippen molar-refractivity contribution < 1.29 is 13.5 Å². The Labute approximate surface area is 93.6 Å². The van der Waals surface area contributed by atoms with Crippen LogP contribution in [0.15, 0.2) is 18.2 Å². The van der Waals surface area contributed by atoms with Gasteiger partial charge in [-0.05, 0) is 19.4 Å². The third kappa shape index (κ3) is 3.52. The van der Waals surface area contributed by atoms with Gasteiger partial charge in [0, 0.05) is 24.8 Å². The van der Waals surface area contributed by atoms with E-state index < -0.39 is 11.6 Å². The molecule has 1 aromatic rings. The van der Waals surface area contributed by atoms with Crippen LogP contribution in [0.2, 0.25) is 0 Å². The summed E-state index contributed by atoms with van der Waals surface area (Å²) in [6.07, 6.45) is 0.535. The molecule has 0 fully saturated rings. The van der Waals surface area contributed by atoms with E-state index in [-0.39, 0.29) is 6.04 Å². The lowest BCUT2D eigenvalue weighted by Gasteiger charge is -2.16. The Morgan fingerprint density at radius 3 is 2.75 bits per heavy atom. The SMILES string of the molecule is CCOCCC(NN)c1ccc(F)cc1F. The van der Waals surface area contributed by atoms with Gasteiger partial charge in [0.25, 0.3) is 0 Å². The lowest BCUT2D eigenvalue weighted by molar-refractivity contribution is 0.136. The molecule has 0 heterocycles. The van der Waals surface area contributed by atoms with E-state index in [1.807, 2.05) is 6.92 Å². The number of hydrogen-bond acceptors (Lipinski definition) is 3. The van der Waals surface area contributed by atoms with Crippen molar-refractivity contribution in [3.8, 4) is 0 Å². The van der Waals surface area contributed by atoms with Crippen LogP contribution in [0.4, 0.5) is 8.78 Å². The van der Waals surface area contributed by atoms with Gasteiger partial charge in [-0.1, -0.05) is 6.07 Å². The Hall–Kier alpha value is -1.04. The number of hydrogen-bond donors (Lipinski definition) is 2. The smallest absolute Gasteiger partial charge is 0.130 e. The second-order valence-electron chi connectivity index (χ2n) is 3.37. The standard InChI is InChI=1S/C11H16F2N2O/c1-2-16-6-5-11(15-14)9-4-3-8(12)7-10(9)13/h3-4,7,11,15H,2,5-6,14H2,1H3. The Morgan fingerprint density at radius 1 is 1.44 bits per heavy atom. The van der Waals surface area contributed by atoms with E-state index in [0.29, 0.717) is 25.2 Å². The second-order valence-corrected chi connectivity index (χ2v) is 3.37. The van der Waals surface area contributed by atoms with Crippen LogP contribution < -0.4 is 11.3 Å². The largest absolute Gasteiger partial charge is 0.382 e. The highest BCUT2D eigenvalue weighted by Crippen LogP contribution is 2.20. The van der Waals surface area contributed by atoms with Gasteiger partial charge in [-0.15, -0.1) is 0 Å². The monoisotopic (exact) mass is 230 g/mol. The molecule has 16 heavy (non-hydrogen) atoms. The Kier molecular flexibility index (Phi) is 5.31. The molecule has 0 aromatic heterocycles. The van der Waals surface area contributed by atoms with E-state index in [2.05, 4.69) is 5.43 Å². The molecule has 0 saturated heterocycles. The molecule has 1 atom stereocenters. The van der Waals surface area contributed by atoms with Gasteiger partial charge in [0.1, 0.15) is 11.6 Å². The van der Waals surface area contributed by atoms with Gasteiger partial charge < -0.3 is 4.74 Å². The molecule has 0 saturated carbocycles. The Balaban J connectivity index is 2.70. The van der Waals surface area contributed by atoms with Crippen molar-refractivity contribution in [2.75, 3.05) is 13.2 Å². The summed E-state index contributed by atoms with van der Waals surface area (Å²) in [5.41, 5.74) is 2.85. The maximum absolute atomic E-state index is 13.4. The van der Waals surface area contributed by atoms with Gasteiger partial charge in [0.2, 0.25) is 0 Å². The summed E-state index contributed by atoms with van der Waals surface area (Å²) < 4.78 is 31.3. The third-order valence-electron chi connectivity index (χ3n) is 2.29. The van der Waals surface area contributed by atoms with E-state index in [1.165, 1.54) is 12.1 Å². The predicted octanol–water partition coefficient (Wildman–Crippen LogP) is 1.90. The molecule has 5 heteroatoms. The minimum atomic E-state index is -0.598. The summed E-state index contributed by atoms with van der Waals surface area (Å²) in [6.45, 7) is 2.95. The van der Waals surface area contributed by atoms with Crippen molar-refractivity contribution in [1.29, 1.82) is 0 Å². The topological polar surface area (TPSA) is 47.3 Å². The maximum Gasteiger partial charge on any atom is 0.130 e. The van der Waals surface area contributed by atoms with Crippen LogP contribution in [0.1, 0.15) is 24.9 Å². The Morgan fingerprint density at radius 2 is 2.19 bits per heavy atom. The summed E-state index contributed by atoms with van der Waals surface area (Å²) in [6, 6.07) is 3.08. The highest BCUT2D eigenvalue weighted by atomic mass is 19.1. The summed E-state index contributed by atoms with van der Waals surface area (Å²) in [5.74, 6) is 4.13. The van der Waals surface area contributed by atoms with E-state index in [0.717, 1.165) is 6.07 Å². The van der Waals surface area contributed by atoms with E-state index in [1.54, 1.807) is 0 Å². The maximum atomic E-state index is 13.4. The number of benzene rings is 1. The van der Waals surface area contributed by atoms with Gasteiger partial charge in [-0.25, -0.2) is 8.78 Å². The average molecular weight is 230 g/mol. The van der Waals surface area contributed by atoms with Gasteiger partial charge >= 0.3 is 0 Å². The number of halogens is 2. The van der Waals surface area contributed by atoms with E-state index in [4.69, 9.17) is 10.6 Å². The molecule has 1 rings (SSSR count). The van der Waals surface area contributed by atoms with Crippen molar-refractivity contribution in [1.82, 2.24) is 5.43 Å². The van der Waals surface area contributed by atoms with Crippen molar-refractivity contribution in [3.63, 3.8) is 0 Å². The first-order valence-electron chi connectivity index (χ1n) is 5.17. The molecule has 90 valence electrons. The van der Waals surface area contributed by atoms with Crippen molar-refractivity contribution in [2.24, 2.45) is 5.84 Å². The molecule has 1 aromatic carbocycles. The first-order valence-corrected chi connectivity index (χ1v) is 5.17. The minimum absolute atomic E-state index is 0.351. The molecule has 0 aliphatic rings. The molecule has 0 aliphatic heterocycles. The molecule has 3 N–H and O–H groups in total. The first kappa shape index (κ1) is 13.0. The summed E-state index contributed by atoms with van der Waals surface area (Å²) in [5, 5.41) is 0. The van der Waals surface area contributed by atoms with Crippen LogP contribution >= 0.6 is 0 Å². The third-order valence-corrected chi connectivity index (χ3v) is 2.29. The van der Waals surface area contributed by atoms with Crippen molar-refractivity contribution >= 4 is 0 Å². The minimum Gasteiger partial charge on any atom is -0.382 e. The number of nitrogens with two attached hydrogens (primary N) is 1. The first-order chi connectivity index (χ1) is 7.69. The number of rotatable bonds is 6. The van der Waals surface area contributed by atoms with Gasteiger partial charge in [0.05, 0.1) is 6.04 Å². The lowest BCUT2D eigenvalue weighted by Crippen LogP contribution is -2.29. The molecule has 1 unspecified atom stereocenters. The van der Waals surface area contributed by atoms with Crippen molar-refractivity contribution in [2.45, 2.75) is 19.4 Å². The number of hydrazine groups is 1. The summed E-state index contributed by atoms with van der Waals surface area (Å²) in [4.78, 5) is 0. The molecule has 0 bridgehead atoms. The molecular weight excluding hydrogens is 214 g/mol. The molecular formula is C11H16F2N2O. The van der Waals surface area contributed by atoms with Crippen LogP contribution in [0.5, 0.6) is 0 Å². The second kappa shape index (κ2) is 6.52. The normalized spacial score (nSPS) is 12.8. The fraction of sp³-hybridized carbons (Fsp3) is 0.455. The average Bonchev–Trinajstić information content (AvgIpc) is 2.26. The molecule has 0 amide bonds. The van der Waals surface area contributed by atoms with Gasteiger partial charge in [-0.3, -0.25) is 11.3 Å². The fourth-order valence-electron chi connectivity index (χ4n) is 1.46. The van der Waals surface area contributed by atoms with E-state index >= 15 is 0 Å². The molecule has 0 aliphatic carbocycles. The lowest BCUT2D eigenvalue weighted by atomic mass is 10.0. The van der Waals surface area contributed by atoms with Crippen LogP contribution in [-0.2, 0) is 4.74 Å². The summed E-state index contributed by atoms with van der Waals surface area (Å²) >= 11 is 0. The Bertz CT molecular complexity index is 334. The predicted molar refractivity (Wildman–Crippen MR) is 57.5 cm³/mol. The van der Waals surface area contributed by atoms with Gasteiger partial charge in [0.15, 0.2) is 0 Å². The zero-order valence-corrected chi connectivity index (χ0v) is 9.17. The molecule has 0 spiro atoms. The number of nitrogens with one attached hydrogen (secondary N) is 1. The quantitative estimate of drug-likeness (QED) is 0.446. The van der Waals surface area contributed by atoms with Crippen molar-refractivity contribution in [3.05, 3.63) is 35.4 Å². The van der Waals surface area contributed by atoms with Crippen LogP contribution in [0.25, 0.3) is 0 Å². The highest BCUT2D eigenvalue weighted by Gasteiger charge is 2.14. The molecule has 3 nitrogen and oxygen atoms in total. The van der Waals surface area contributed by atoms with Gasteiger partial charge in [-0.2, -0.15) is 0 Å². The van der Waals surface area contributed by atoms with Crippen LogP contribution in [0.3, 0.4) is 0 Å². The zero-order chi connectivity index (χ0) is 12.0. The molecule has 0 radical (unpaired) electrons. The zero-order valence-electron chi connectivity index (χ0n) is 9.17. The summed E-state index contributed by atoms with van der Waals surface area (Å²) in [7, 11) is 0. The van der Waals surface area contributed by atoms with Crippen LogP contribution in [-0.4, -0.2) is 13.2 Å².